The van der Waals surface area contributed by atoms with Gasteiger partial charge in [-0.05, 0) is 67.1 Å². The van der Waals surface area contributed by atoms with E-state index in [1.54, 1.807) is 0 Å². The molecule has 0 spiro atoms. The molecule has 0 heterocycles. The van der Waals surface area contributed by atoms with Crippen LogP contribution in [0.5, 0.6) is 0 Å². The number of benzene rings is 5. The highest BCUT2D eigenvalue weighted by Crippen LogP contribution is 2.36. The maximum absolute atomic E-state index is 2.31. The Morgan fingerprint density at radius 3 is 1.49 bits per heavy atom. The van der Waals surface area contributed by atoms with Crippen LogP contribution in [0.25, 0.3) is 21.5 Å². The minimum atomic E-state index is 1.15. The van der Waals surface area contributed by atoms with E-state index in [0.29, 0.717) is 0 Å². The lowest BCUT2D eigenvalue weighted by atomic mass is 10.00. The Morgan fingerprint density at radius 1 is 0.543 bits per heavy atom. The number of anilines is 3. The molecule has 0 radical (unpaired) electrons. The number of rotatable bonds is 6. The van der Waals surface area contributed by atoms with Crippen molar-refractivity contribution in [1.29, 1.82) is 0 Å². The second-order valence-electron chi connectivity index (χ2n) is 8.85. The summed E-state index contributed by atoms with van der Waals surface area (Å²) in [6.45, 7) is 4.34. The maximum atomic E-state index is 2.31. The largest absolute Gasteiger partial charge is 0.347 e. The Labute approximate surface area is 208 Å². The molecule has 0 N–H and O–H groups in total. The van der Waals surface area contributed by atoms with E-state index in [1.807, 2.05) is 0 Å². The molecule has 172 valence electrons. The van der Waals surface area contributed by atoms with Crippen LogP contribution in [0.2, 0.25) is 0 Å². The second-order valence-corrected chi connectivity index (χ2v) is 8.85. The van der Waals surface area contributed by atoms with Crippen LogP contribution in [-0.2, 0) is 0 Å². The van der Waals surface area contributed by atoms with Gasteiger partial charge in [-0.3, -0.25) is 0 Å². The number of fused-ring (bicyclic) bond motifs is 2. The molecule has 5 aromatic carbocycles. The average molecular weight is 455 g/mol. The van der Waals surface area contributed by atoms with E-state index in [0.717, 1.165) is 17.1 Å². The van der Waals surface area contributed by atoms with Gasteiger partial charge in [-0.1, -0.05) is 84.9 Å². The smallest absolute Gasteiger partial charge is 0.0564 e. The van der Waals surface area contributed by atoms with Crippen molar-refractivity contribution in [2.24, 2.45) is 0 Å². The summed E-state index contributed by atoms with van der Waals surface area (Å²) in [5.74, 6) is 0. The van der Waals surface area contributed by atoms with Gasteiger partial charge in [-0.25, -0.2) is 0 Å². The predicted molar refractivity (Wildman–Crippen MR) is 152 cm³/mol. The summed E-state index contributed by atoms with van der Waals surface area (Å²) in [6, 6.07) is 40.6. The molecule has 0 aromatic heterocycles. The molecule has 5 aromatic rings. The highest BCUT2D eigenvalue weighted by molar-refractivity contribution is 6.11. The van der Waals surface area contributed by atoms with Crippen molar-refractivity contribution in [1.82, 2.24) is 0 Å². The van der Waals surface area contributed by atoms with E-state index >= 15 is 0 Å². The van der Waals surface area contributed by atoms with Crippen molar-refractivity contribution in [2.45, 2.75) is 13.8 Å². The highest BCUT2D eigenvalue weighted by Gasteiger charge is 2.13. The Bertz CT molecular complexity index is 1420. The second kappa shape index (κ2) is 9.90. The Balaban J connectivity index is 1.56. The number of nitrogens with zero attached hydrogens (tertiary/aromatic N) is 2. The van der Waals surface area contributed by atoms with Crippen molar-refractivity contribution in [3.8, 4) is 0 Å². The first kappa shape index (κ1) is 22.5. The fourth-order valence-electron chi connectivity index (χ4n) is 4.67. The van der Waals surface area contributed by atoms with Gasteiger partial charge in [0, 0.05) is 40.6 Å². The first-order chi connectivity index (χ1) is 17.1. The molecule has 0 atom stereocenters. The molecular formula is C33H30N2. The van der Waals surface area contributed by atoms with Gasteiger partial charge in [0.25, 0.3) is 0 Å². The predicted octanol–water partition coefficient (Wildman–Crippen LogP) is 9.08. The number of allylic oxidation sites excluding steroid dienone is 4. The van der Waals surface area contributed by atoms with Gasteiger partial charge in [0.05, 0.1) is 5.69 Å². The van der Waals surface area contributed by atoms with E-state index in [4.69, 9.17) is 0 Å². The van der Waals surface area contributed by atoms with Gasteiger partial charge < -0.3 is 9.80 Å². The molecule has 0 saturated carbocycles. The van der Waals surface area contributed by atoms with Crippen LogP contribution in [0.15, 0.2) is 139 Å². The number of para-hydroxylation sites is 2. The molecule has 0 aliphatic carbocycles. The van der Waals surface area contributed by atoms with Crippen LogP contribution in [-0.4, -0.2) is 7.05 Å². The topological polar surface area (TPSA) is 6.48 Å². The maximum Gasteiger partial charge on any atom is 0.0564 e. The van der Waals surface area contributed by atoms with Crippen LogP contribution in [0.4, 0.5) is 17.1 Å². The molecule has 35 heavy (non-hydrogen) atoms. The van der Waals surface area contributed by atoms with Crippen molar-refractivity contribution < 1.29 is 0 Å². The van der Waals surface area contributed by atoms with Crippen molar-refractivity contribution in [3.63, 3.8) is 0 Å². The van der Waals surface area contributed by atoms with Gasteiger partial charge >= 0.3 is 0 Å². The average Bonchev–Trinajstić information content (AvgIpc) is 2.91. The lowest BCUT2D eigenvalue weighted by Gasteiger charge is -2.26. The van der Waals surface area contributed by atoms with Gasteiger partial charge in [-0.2, -0.15) is 0 Å². The first-order valence-electron chi connectivity index (χ1n) is 12.0. The van der Waals surface area contributed by atoms with E-state index in [-0.39, 0.29) is 0 Å². The van der Waals surface area contributed by atoms with Crippen LogP contribution in [0, 0.1) is 0 Å². The van der Waals surface area contributed by atoms with Crippen molar-refractivity contribution in [2.75, 3.05) is 16.8 Å². The third-order valence-corrected chi connectivity index (χ3v) is 6.55. The Kier molecular flexibility index (Phi) is 6.36. The molecule has 0 fully saturated rings. The summed E-state index contributed by atoms with van der Waals surface area (Å²) in [4.78, 5) is 4.60. The molecule has 0 aliphatic rings. The molecule has 2 heteroatoms. The minimum absolute atomic E-state index is 1.15. The van der Waals surface area contributed by atoms with Crippen molar-refractivity contribution in [3.05, 3.63) is 139 Å². The summed E-state index contributed by atoms with van der Waals surface area (Å²) in [5.41, 5.74) is 5.85. The van der Waals surface area contributed by atoms with E-state index < -0.39 is 0 Å². The third kappa shape index (κ3) is 4.56. The fourth-order valence-corrected chi connectivity index (χ4v) is 4.67. The highest BCUT2D eigenvalue weighted by atomic mass is 15.1. The normalized spacial score (nSPS) is 12.2. The molecule has 0 unspecified atom stereocenters. The van der Waals surface area contributed by atoms with Gasteiger partial charge in [0.2, 0.25) is 0 Å². The molecule has 5 rings (SSSR count). The summed E-state index contributed by atoms with van der Waals surface area (Å²) in [7, 11) is 2.16. The third-order valence-electron chi connectivity index (χ3n) is 6.55. The van der Waals surface area contributed by atoms with Crippen LogP contribution >= 0.6 is 0 Å². The zero-order valence-electron chi connectivity index (χ0n) is 20.5. The summed E-state index contributed by atoms with van der Waals surface area (Å²) >= 11 is 0. The first-order valence-corrected chi connectivity index (χ1v) is 12.0. The monoisotopic (exact) mass is 454 g/mol. The zero-order chi connectivity index (χ0) is 24.2. The Morgan fingerprint density at radius 2 is 0.971 bits per heavy atom. The van der Waals surface area contributed by atoms with E-state index in [1.165, 1.54) is 32.9 Å². The standard InChI is InChI=1S/C33H30N2/c1-25(22-23-26(2)35(29-16-6-4-7-17-29)30-18-8-5-9-19-30)34(3)33-31-20-12-10-14-27(31)24-28-15-11-13-21-32(28)33/h4-24H,1-3H3/b25-22+,26-23+. The SMILES string of the molecule is C/C(=C\C=C(/C)N(c1ccccc1)c1ccccc1)N(C)c1c2ccccc2cc2ccccc12. The molecule has 2 nitrogen and oxygen atoms in total. The molecular weight excluding hydrogens is 424 g/mol. The van der Waals surface area contributed by atoms with E-state index in [9.17, 15) is 0 Å². The molecule has 0 amide bonds. The van der Waals surface area contributed by atoms with Gasteiger partial charge in [0.1, 0.15) is 0 Å². The lowest BCUT2D eigenvalue weighted by molar-refractivity contribution is 1.10. The van der Waals surface area contributed by atoms with E-state index in [2.05, 4.69) is 158 Å². The zero-order valence-corrected chi connectivity index (χ0v) is 20.5. The van der Waals surface area contributed by atoms with Gasteiger partial charge in [0.15, 0.2) is 0 Å². The van der Waals surface area contributed by atoms with Gasteiger partial charge in [-0.15, -0.1) is 0 Å². The quantitative estimate of drug-likeness (QED) is 0.186. The molecule has 0 bridgehead atoms. The van der Waals surface area contributed by atoms with Crippen LogP contribution < -0.4 is 9.80 Å². The lowest BCUT2D eigenvalue weighted by Crippen LogP contribution is -2.16. The van der Waals surface area contributed by atoms with Crippen LogP contribution in [0.3, 0.4) is 0 Å². The number of hydrogen-bond donors (Lipinski definition) is 0. The molecule has 0 saturated heterocycles. The van der Waals surface area contributed by atoms with Crippen LogP contribution in [0.1, 0.15) is 13.8 Å². The van der Waals surface area contributed by atoms with Crippen molar-refractivity contribution >= 4 is 38.6 Å². The Hall–Kier alpha value is -4.30. The molecule has 0 aliphatic heterocycles. The minimum Gasteiger partial charge on any atom is -0.347 e. The fraction of sp³-hybridized carbons (Fsp3) is 0.0909. The summed E-state index contributed by atoms with van der Waals surface area (Å²) in [6.07, 6.45) is 4.42. The summed E-state index contributed by atoms with van der Waals surface area (Å²) in [5, 5.41) is 5.04. The summed E-state index contributed by atoms with van der Waals surface area (Å²) < 4.78 is 0. The number of hydrogen-bond acceptors (Lipinski definition) is 2.